The van der Waals surface area contributed by atoms with Gasteiger partial charge in [-0.05, 0) is 22.9 Å². The van der Waals surface area contributed by atoms with E-state index in [-0.39, 0.29) is 52.8 Å². The van der Waals surface area contributed by atoms with Crippen LogP contribution in [-0.4, -0.2) is 8.76 Å². The molecule has 0 amide bonds. The standard InChI is InChI=1S/C10H8O2S.K.H/c11-13(12)10-6-5-8-3-1-2-4-9(8)7-10;;/h1-7H,(H,11,12);;/q;+1;-1. The molecule has 2 nitrogen and oxygen atoms in total. The van der Waals surface area contributed by atoms with Gasteiger partial charge in [-0.25, -0.2) is 4.21 Å². The van der Waals surface area contributed by atoms with Crippen molar-refractivity contribution in [1.29, 1.82) is 0 Å². The summed E-state index contributed by atoms with van der Waals surface area (Å²) >= 11 is -1.88. The van der Waals surface area contributed by atoms with Gasteiger partial charge in [-0.2, -0.15) is 0 Å². The van der Waals surface area contributed by atoms with Crippen molar-refractivity contribution >= 4 is 21.9 Å². The largest absolute Gasteiger partial charge is 1.00 e. The first-order chi connectivity index (χ1) is 6.27. The minimum atomic E-state index is -1.88. The maximum atomic E-state index is 10.8. The summed E-state index contributed by atoms with van der Waals surface area (Å²) in [4.78, 5) is 0.443. The summed E-state index contributed by atoms with van der Waals surface area (Å²) in [5.74, 6) is 0. The molecular formula is C10H9KO2S. The molecule has 1 N–H and O–H groups in total. The predicted octanol–water partition coefficient (Wildman–Crippen LogP) is -0.463. The summed E-state index contributed by atoms with van der Waals surface area (Å²) in [5, 5.41) is 2.07. The molecule has 0 saturated heterocycles. The molecule has 1 unspecified atom stereocenters. The monoisotopic (exact) mass is 232 g/mol. The molecule has 0 aromatic heterocycles. The third kappa shape index (κ3) is 2.73. The molecule has 0 aliphatic rings. The van der Waals surface area contributed by atoms with Crippen LogP contribution in [0.15, 0.2) is 47.4 Å². The minimum Gasteiger partial charge on any atom is -1.00 e. The smallest absolute Gasteiger partial charge is 1.00 e. The number of rotatable bonds is 1. The van der Waals surface area contributed by atoms with Gasteiger partial charge in [0.25, 0.3) is 0 Å². The van der Waals surface area contributed by atoms with E-state index in [0.717, 1.165) is 10.8 Å². The van der Waals surface area contributed by atoms with Crippen LogP contribution in [0.3, 0.4) is 0 Å². The Bertz CT molecular complexity index is 476. The first-order valence-electron chi connectivity index (χ1n) is 3.87. The molecule has 0 radical (unpaired) electrons. The van der Waals surface area contributed by atoms with Crippen molar-refractivity contribution in [3.63, 3.8) is 0 Å². The third-order valence-corrected chi connectivity index (χ3v) is 2.58. The van der Waals surface area contributed by atoms with Crippen molar-refractivity contribution in [2.45, 2.75) is 4.90 Å². The first-order valence-corrected chi connectivity index (χ1v) is 4.98. The molecule has 0 spiro atoms. The Kier molecular flexibility index (Phi) is 4.92. The molecule has 14 heavy (non-hydrogen) atoms. The molecule has 2 aromatic carbocycles. The second-order valence-electron chi connectivity index (χ2n) is 2.76. The van der Waals surface area contributed by atoms with E-state index >= 15 is 0 Å². The van der Waals surface area contributed by atoms with Crippen LogP contribution in [-0.2, 0) is 11.1 Å². The average molecular weight is 232 g/mol. The first kappa shape index (κ1) is 12.5. The molecule has 2 rings (SSSR count). The maximum Gasteiger partial charge on any atom is 1.00 e. The van der Waals surface area contributed by atoms with E-state index in [2.05, 4.69) is 0 Å². The van der Waals surface area contributed by atoms with E-state index in [4.69, 9.17) is 4.55 Å². The fraction of sp³-hybridized carbons (Fsp3) is 0. The Balaban J connectivity index is 0.000000980. The van der Waals surface area contributed by atoms with Crippen LogP contribution in [0.25, 0.3) is 10.8 Å². The fourth-order valence-corrected chi connectivity index (χ4v) is 1.69. The number of benzene rings is 2. The van der Waals surface area contributed by atoms with Gasteiger partial charge in [-0.3, -0.25) is 0 Å². The van der Waals surface area contributed by atoms with E-state index in [1.807, 2.05) is 30.3 Å². The summed E-state index contributed by atoms with van der Waals surface area (Å²) in [7, 11) is 0. The van der Waals surface area contributed by atoms with Crippen molar-refractivity contribution in [2.75, 3.05) is 0 Å². The van der Waals surface area contributed by atoms with Gasteiger partial charge in [0.1, 0.15) is 0 Å². The van der Waals surface area contributed by atoms with Crippen LogP contribution in [0.5, 0.6) is 0 Å². The second-order valence-corrected chi connectivity index (χ2v) is 3.73. The summed E-state index contributed by atoms with van der Waals surface area (Å²) in [6.07, 6.45) is 0. The van der Waals surface area contributed by atoms with Crippen molar-refractivity contribution in [1.82, 2.24) is 0 Å². The van der Waals surface area contributed by atoms with Crippen LogP contribution >= 0.6 is 0 Å². The van der Waals surface area contributed by atoms with Gasteiger partial charge in [-0.15, -0.1) is 0 Å². The van der Waals surface area contributed by atoms with Gasteiger partial charge >= 0.3 is 51.4 Å². The Morgan fingerprint density at radius 1 is 1.07 bits per heavy atom. The third-order valence-electron chi connectivity index (χ3n) is 1.92. The quantitative estimate of drug-likeness (QED) is 0.533. The van der Waals surface area contributed by atoms with Crippen LogP contribution in [0.2, 0.25) is 0 Å². The number of hydrogen-bond donors (Lipinski definition) is 1. The summed E-state index contributed by atoms with van der Waals surface area (Å²) < 4.78 is 19.6. The predicted molar refractivity (Wildman–Crippen MR) is 54.1 cm³/mol. The van der Waals surface area contributed by atoms with Crippen molar-refractivity contribution in [3.05, 3.63) is 42.5 Å². The van der Waals surface area contributed by atoms with E-state index < -0.39 is 11.1 Å². The Morgan fingerprint density at radius 2 is 1.71 bits per heavy atom. The van der Waals surface area contributed by atoms with Crippen LogP contribution in [0.1, 0.15) is 1.43 Å². The summed E-state index contributed by atoms with van der Waals surface area (Å²) in [6.45, 7) is 0. The van der Waals surface area contributed by atoms with E-state index in [9.17, 15) is 4.21 Å². The minimum absolute atomic E-state index is 0. The van der Waals surface area contributed by atoms with Gasteiger partial charge in [0.2, 0.25) is 0 Å². The van der Waals surface area contributed by atoms with Crippen molar-refractivity contribution in [3.8, 4) is 0 Å². The van der Waals surface area contributed by atoms with Crippen LogP contribution in [0.4, 0.5) is 0 Å². The summed E-state index contributed by atoms with van der Waals surface area (Å²) in [5.41, 5.74) is 0. The van der Waals surface area contributed by atoms with Gasteiger partial charge in [0, 0.05) is 0 Å². The zero-order chi connectivity index (χ0) is 9.26. The van der Waals surface area contributed by atoms with Gasteiger partial charge in [0.15, 0.2) is 11.1 Å². The molecule has 1 atom stereocenters. The van der Waals surface area contributed by atoms with E-state index in [1.165, 1.54) is 0 Å². The normalized spacial score (nSPS) is 12.1. The maximum absolute atomic E-state index is 10.8. The summed E-state index contributed by atoms with van der Waals surface area (Å²) in [6, 6.07) is 13.0. The Labute approximate surface area is 129 Å². The zero-order valence-electron chi connectivity index (χ0n) is 8.81. The van der Waals surface area contributed by atoms with Crippen molar-refractivity contribution < 1.29 is 61.6 Å². The molecule has 4 heteroatoms. The molecule has 0 heterocycles. The average Bonchev–Trinajstić information content (AvgIpc) is 2.17. The van der Waals surface area contributed by atoms with Gasteiger partial charge in [0.05, 0.1) is 4.90 Å². The molecule has 0 saturated carbocycles. The molecule has 0 aliphatic heterocycles. The molecule has 68 valence electrons. The number of hydrogen-bond acceptors (Lipinski definition) is 1. The molecular weight excluding hydrogens is 223 g/mol. The fourth-order valence-electron chi connectivity index (χ4n) is 1.28. The second kappa shape index (κ2) is 5.51. The molecule has 0 fully saturated rings. The molecule has 0 aliphatic carbocycles. The van der Waals surface area contributed by atoms with Crippen LogP contribution in [0, 0.1) is 0 Å². The molecule has 2 aromatic rings. The van der Waals surface area contributed by atoms with Gasteiger partial charge in [-0.1, -0.05) is 30.3 Å². The van der Waals surface area contributed by atoms with E-state index in [1.54, 1.807) is 12.1 Å². The van der Waals surface area contributed by atoms with Gasteiger partial charge < -0.3 is 5.98 Å². The Morgan fingerprint density at radius 3 is 2.36 bits per heavy atom. The topological polar surface area (TPSA) is 37.3 Å². The van der Waals surface area contributed by atoms with Crippen LogP contribution < -0.4 is 51.4 Å². The van der Waals surface area contributed by atoms with Crippen molar-refractivity contribution in [2.24, 2.45) is 0 Å². The zero-order valence-corrected chi connectivity index (χ0v) is 11.7. The Hall–Kier alpha value is 0.446. The SMILES string of the molecule is O=S(O)c1ccc2ccccc2c1.[H-].[K+]. The molecule has 0 bridgehead atoms. The van der Waals surface area contributed by atoms with E-state index in [0.29, 0.717) is 4.90 Å². The number of fused-ring (bicyclic) bond motifs is 1.